The molecule has 0 amide bonds. The summed E-state index contributed by atoms with van der Waals surface area (Å²) < 4.78 is 5.43. The van der Waals surface area contributed by atoms with Gasteiger partial charge in [0.1, 0.15) is 10.8 Å². The summed E-state index contributed by atoms with van der Waals surface area (Å²) in [5, 5.41) is 13.0. The minimum Gasteiger partial charge on any atom is -0.496 e. The van der Waals surface area contributed by atoms with Gasteiger partial charge in [-0.3, -0.25) is 4.90 Å². The number of likely N-dealkylation sites (tertiary alicyclic amines) is 1. The highest BCUT2D eigenvalue weighted by atomic mass is 32.1. The molecular formula is C18H24N2O2S. The summed E-state index contributed by atoms with van der Waals surface area (Å²) >= 11 is 1.66. The van der Waals surface area contributed by atoms with Gasteiger partial charge in [0.15, 0.2) is 0 Å². The monoisotopic (exact) mass is 332 g/mol. The molecule has 2 unspecified atom stereocenters. The zero-order chi connectivity index (χ0) is 16.2. The van der Waals surface area contributed by atoms with Crippen LogP contribution in [0.2, 0.25) is 0 Å². The first kappa shape index (κ1) is 16.4. The number of benzene rings is 1. The summed E-state index contributed by atoms with van der Waals surface area (Å²) in [5.74, 6) is 1.25. The van der Waals surface area contributed by atoms with Gasteiger partial charge in [-0.2, -0.15) is 0 Å². The standard InChI is InChI=1S/C18H24N2O2S/c1-13(21)14-6-5-9-20(10-14)11-15-12-23-18(19-15)16-7-3-4-8-17(16)22-2/h3-4,7-8,12-14,21H,5-6,9-11H2,1-2H3. The fraction of sp³-hybridized carbons (Fsp3) is 0.500. The van der Waals surface area contributed by atoms with Gasteiger partial charge in [-0.1, -0.05) is 12.1 Å². The highest BCUT2D eigenvalue weighted by Gasteiger charge is 2.24. The lowest BCUT2D eigenvalue weighted by atomic mass is 9.93. The summed E-state index contributed by atoms with van der Waals surface area (Å²) in [6.45, 7) is 4.80. The molecule has 1 aromatic carbocycles. The fourth-order valence-electron chi connectivity index (χ4n) is 3.18. The van der Waals surface area contributed by atoms with Gasteiger partial charge in [0, 0.05) is 18.5 Å². The quantitative estimate of drug-likeness (QED) is 0.911. The number of aromatic nitrogens is 1. The fourth-order valence-corrected chi connectivity index (χ4v) is 4.02. The van der Waals surface area contributed by atoms with Crippen LogP contribution in [0.1, 0.15) is 25.5 Å². The second-order valence-electron chi connectivity index (χ2n) is 6.22. The molecule has 0 spiro atoms. The Morgan fingerprint density at radius 2 is 2.26 bits per heavy atom. The van der Waals surface area contributed by atoms with Gasteiger partial charge in [0.25, 0.3) is 0 Å². The second kappa shape index (κ2) is 7.43. The molecule has 1 aliphatic rings. The van der Waals surface area contributed by atoms with Gasteiger partial charge >= 0.3 is 0 Å². The molecule has 0 bridgehead atoms. The molecule has 0 radical (unpaired) electrons. The van der Waals surface area contributed by atoms with Crippen LogP contribution >= 0.6 is 11.3 Å². The molecule has 1 N–H and O–H groups in total. The van der Waals surface area contributed by atoms with Gasteiger partial charge < -0.3 is 9.84 Å². The first-order valence-corrected chi connectivity index (χ1v) is 9.03. The van der Waals surface area contributed by atoms with Gasteiger partial charge in [0.2, 0.25) is 0 Å². The van der Waals surface area contributed by atoms with Crippen molar-refractivity contribution >= 4 is 11.3 Å². The number of thiazole rings is 1. The smallest absolute Gasteiger partial charge is 0.129 e. The van der Waals surface area contributed by atoms with Crippen LogP contribution in [0.5, 0.6) is 5.75 Å². The summed E-state index contributed by atoms with van der Waals surface area (Å²) in [4.78, 5) is 7.19. The molecule has 5 heteroatoms. The molecule has 1 aliphatic heterocycles. The number of para-hydroxylation sites is 1. The van der Waals surface area contributed by atoms with Crippen molar-refractivity contribution in [3.8, 4) is 16.3 Å². The van der Waals surface area contributed by atoms with Crippen molar-refractivity contribution in [2.75, 3.05) is 20.2 Å². The molecule has 1 saturated heterocycles. The Morgan fingerprint density at radius 1 is 1.43 bits per heavy atom. The Bertz CT molecular complexity index is 641. The van der Waals surface area contributed by atoms with E-state index < -0.39 is 0 Å². The van der Waals surface area contributed by atoms with Crippen LogP contribution in [0.3, 0.4) is 0 Å². The van der Waals surface area contributed by atoms with E-state index in [0.717, 1.165) is 54.5 Å². The zero-order valence-corrected chi connectivity index (χ0v) is 14.6. The predicted octanol–water partition coefficient (Wildman–Crippen LogP) is 3.41. The predicted molar refractivity (Wildman–Crippen MR) is 93.8 cm³/mol. The number of rotatable bonds is 5. The Balaban J connectivity index is 1.70. The molecule has 2 aromatic rings. The van der Waals surface area contributed by atoms with Gasteiger partial charge in [0.05, 0.1) is 24.5 Å². The minimum atomic E-state index is -0.225. The van der Waals surface area contributed by atoms with Crippen LogP contribution in [0.15, 0.2) is 29.6 Å². The molecule has 1 aromatic heterocycles. The molecule has 1 fully saturated rings. The Kier molecular flexibility index (Phi) is 5.30. The van der Waals surface area contributed by atoms with E-state index in [1.54, 1.807) is 18.4 Å². The van der Waals surface area contributed by atoms with Crippen LogP contribution < -0.4 is 4.74 Å². The van der Waals surface area contributed by atoms with E-state index in [1.807, 2.05) is 31.2 Å². The number of nitrogens with zero attached hydrogens (tertiary/aromatic N) is 2. The van der Waals surface area contributed by atoms with E-state index in [2.05, 4.69) is 10.3 Å². The number of ether oxygens (including phenoxy) is 1. The first-order chi connectivity index (χ1) is 11.2. The van der Waals surface area contributed by atoms with E-state index in [-0.39, 0.29) is 6.10 Å². The lowest BCUT2D eigenvalue weighted by Gasteiger charge is -2.33. The highest BCUT2D eigenvalue weighted by Crippen LogP contribution is 2.32. The van der Waals surface area contributed by atoms with Crippen LogP contribution in [0.4, 0.5) is 0 Å². The molecular weight excluding hydrogens is 308 g/mol. The van der Waals surface area contributed by atoms with Crippen molar-refractivity contribution in [1.82, 2.24) is 9.88 Å². The van der Waals surface area contributed by atoms with Crippen LogP contribution in [-0.2, 0) is 6.54 Å². The molecule has 0 saturated carbocycles. The number of aliphatic hydroxyl groups is 1. The average molecular weight is 332 g/mol. The maximum Gasteiger partial charge on any atom is 0.129 e. The Labute approximate surface area is 141 Å². The van der Waals surface area contributed by atoms with Crippen LogP contribution in [0, 0.1) is 5.92 Å². The summed E-state index contributed by atoms with van der Waals surface area (Å²) in [6.07, 6.45) is 2.05. The largest absolute Gasteiger partial charge is 0.496 e. The number of methoxy groups -OCH3 is 1. The third kappa shape index (κ3) is 3.91. The summed E-state index contributed by atoms with van der Waals surface area (Å²) in [5.41, 5.74) is 2.15. The normalized spacial score (nSPS) is 20.4. The van der Waals surface area contributed by atoms with E-state index in [0.29, 0.717) is 5.92 Å². The average Bonchev–Trinajstić information content (AvgIpc) is 3.03. The molecule has 2 heterocycles. The molecule has 0 aliphatic carbocycles. The Morgan fingerprint density at radius 3 is 3.04 bits per heavy atom. The van der Waals surface area contributed by atoms with E-state index in [4.69, 9.17) is 9.72 Å². The van der Waals surface area contributed by atoms with E-state index in [9.17, 15) is 5.11 Å². The van der Waals surface area contributed by atoms with Crippen molar-refractivity contribution in [1.29, 1.82) is 0 Å². The Hall–Kier alpha value is -1.43. The van der Waals surface area contributed by atoms with Crippen LogP contribution in [0.25, 0.3) is 10.6 Å². The lowest BCUT2D eigenvalue weighted by molar-refractivity contribution is 0.0595. The number of piperidine rings is 1. The molecule has 3 rings (SSSR count). The zero-order valence-electron chi connectivity index (χ0n) is 13.7. The third-order valence-electron chi connectivity index (χ3n) is 4.50. The van der Waals surface area contributed by atoms with Crippen molar-refractivity contribution in [3.05, 3.63) is 35.3 Å². The van der Waals surface area contributed by atoms with Crippen molar-refractivity contribution < 1.29 is 9.84 Å². The molecule has 124 valence electrons. The number of aliphatic hydroxyl groups excluding tert-OH is 1. The third-order valence-corrected chi connectivity index (χ3v) is 5.42. The maximum atomic E-state index is 9.82. The van der Waals surface area contributed by atoms with Gasteiger partial charge in [-0.05, 0) is 44.4 Å². The summed E-state index contributed by atoms with van der Waals surface area (Å²) in [7, 11) is 1.69. The van der Waals surface area contributed by atoms with E-state index >= 15 is 0 Å². The van der Waals surface area contributed by atoms with Gasteiger partial charge in [-0.15, -0.1) is 11.3 Å². The highest BCUT2D eigenvalue weighted by molar-refractivity contribution is 7.13. The topological polar surface area (TPSA) is 45.6 Å². The first-order valence-electron chi connectivity index (χ1n) is 8.15. The number of hydrogen-bond acceptors (Lipinski definition) is 5. The van der Waals surface area contributed by atoms with E-state index in [1.165, 1.54) is 0 Å². The van der Waals surface area contributed by atoms with Gasteiger partial charge in [-0.25, -0.2) is 4.98 Å². The van der Waals surface area contributed by atoms with Crippen LogP contribution in [-0.4, -0.2) is 41.3 Å². The number of hydrogen-bond donors (Lipinski definition) is 1. The molecule has 4 nitrogen and oxygen atoms in total. The summed E-state index contributed by atoms with van der Waals surface area (Å²) in [6, 6.07) is 8.00. The van der Waals surface area contributed by atoms with Crippen molar-refractivity contribution in [2.45, 2.75) is 32.4 Å². The second-order valence-corrected chi connectivity index (χ2v) is 7.08. The lowest BCUT2D eigenvalue weighted by Crippen LogP contribution is -2.39. The molecule has 2 atom stereocenters. The van der Waals surface area contributed by atoms with Crippen molar-refractivity contribution in [3.63, 3.8) is 0 Å². The minimum absolute atomic E-state index is 0.225. The maximum absolute atomic E-state index is 9.82. The molecule has 23 heavy (non-hydrogen) atoms. The van der Waals surface area contributed by atoms with Crippen molar-refractivity contribution in [2.24, 2.45) is 5.92 Å². The SMILES string of the molecule is COc1ccccc1-c1nc(CN2CCCC(C(C)O)C2)cs1.